The van der Waals surface area contributed by atoms with Gasteiger partial charge in [0.05, 0.1) is 6.61 Å². The molecule has 0 N–H and O–H groups in total. The Balaban J connectivity index is 1.87. The van der Waals surface area contributed by atoms with Crippen LogP contribution in [0.15, 0.2) is 41.3 Å². The first-order valence-corrected chi connectivity index (χ1v) is 10.8. The molecule has 0 aliphatic carbocycles. The lowest BCUT2D eigenvalue weighted by Gasteiger charge is -2.11. The van der Waals surface area contributed by atoms with E-state index < -0.39 is 10.1 Å². The minimum Gasteiger partial charge on any atom is -0.266 e. The van der Waals surface area contributed by atoms with Crippen molar-refractivity contribution < 1.29 is 12.6 Å². The second-order valence-corrected chi connectivity index (χ2v) is 8.24. The molecule has 0 saturated heterocycles. The van der Waals surface area contributed by atoms with Crippen molar-refractivity contribution in [3.8, 4) is 0 Å². The van der Waals surface area contributed by atoms with Gasteiger partial charge in [0.25, 0.3) is 10.1 Å². The van der Waals surface area contributed by atoms with Gasteiger partial charge >= 0.3 is 0 Å². The summed E-state index contributed by atoms with van der Waals surface area (Å²) in [4.78, 5) is 0.310. The molecule has 0 bridgehead atoms. The summed E-state index contributed by atoms with van der Waals surface area (Å²) in [5.41, 5.74) is 0.731. The second kappa shape index (κ2) is 9.93. The molecule has 2 rings (SSSR count). The first-order chi connectivity index (χ1) is 12.1. The first-order valence-electron chi connectivity index (χ1n) is 9.44. The van der Waals surface area contributed by atoms with Crippen LogP contribution >= 0.6 is 0 Å². The van der Waals surface area contributed by atoms with Crippen molar-refractivity contribution >= 4 is 20.9 Å². The van der Waals surface area contributed by atoms with E-state index in [1.165, 1.54) is 32.1 Å². The maximum Gasteiger partial charge on any atom is 0.297 e. The van der Waals surface area contributed by atoms with E-state index in [9.17, 15) is 8.42 Å². The Labute approximate surface area is 152 Å². The number of hydrogen-bond acceptors (Lipinski definition) is 3. The normalized spacial score (nSPS) is 11.9. The van der Waals surface area contributed by atoms with Crippen molar-refractivity contribution in [3.63, 3.8) is 0 Å². The largest absolute Gasteiger partial charge is 0.297 e. The predicted octanol–water partition coefficient (Wildman–Crippen LogP) is 5.99. The van der Waals surface area contributed by atoms with E-state index >= 15 is 0 Å². The molecule has 0 radical (unpaired) electrons. The standard InChI is InChI=1S/C21H30O3S/c1-3-4-5-6-7-8-9-12-17-24-25(22,23)21-18(2)15-16-19-13-10-11-14-20(19)21/h10-11,13-16H,3-9,12,17H2,1-2H3. The summed E-state index contributed by atoms with van der Waals surface area (Å²) >= 11 is 0. The fourth-order valence-corrected chi connectivity index (χ4v) is 4.52. The minimum absolute atomic E-state index is 0.264. The molecule has 2 aromatic rings. The van der Waals surface area contributed by atoms with Crippen LogP contribution < -0.4 is 0 Å². The van der Waals surface area contributed by atoms with E-state index in [1.807, 2.05) is 43.3 Å². The van der Waals surface area contributed by atoms with Gasteiger partial charge in [0, 0.05) is 5.39 Å². The molecule has 3 nitrogen and oxygen atoms in total. The van der Waals surface area contributed by atoms with Gasteiger partial charge in [-0.15, -0.1) is 0 Å². The van der Waals surface area contributed by atoms with Gasteiger partial charge in [-0.05, 0) is 24.3 Å². The predicted molar refractivity (Wildman–Crippen MR) is 104 cm³/mol. The van der Waals surface area contributed by atoms with Gasteiger partial charge in [-0.3, -0.25) is 4.18 Å². The highest BCUT2D eigenvalue weighted by Crippen LogP contribution is 2.28. The van der Waals surface area contributed by atoms with E-state index in [-0.39, 0.29) is 6.61 Å². The molecular formula is C21H30O3S. The smallest absolute Gasteiger partial charge is 0.266 e. The molecule has 0 aromatic heterocycles. The van der Waals surface area contributed by atoms with Crippen LogP contribution in [0.2, 0.25) is 0 Å². The van der Waals surface area contributed by atoms with Crippen molar-refractivity contribution in [1.82, 2.24) is 0 Å². The van der Waals surface area contributed by atoms with E-state index in [2.05, 4.69) is 6.92 Å². The highest BCUT2D eigenvalue weighted by molar-refractivity contribution is 7.87. The Morgan fingerprint density at radius 3 is 2.20 bits per heavy atom. The Kier molecular flexibility index (Phi) is 7.91. The summed E-state index contributed by atoms with van der Waals surface area (Å²) in [6.07, 6.45) is 9.36. The van der Waals surface area contributed by atoms with Crippen LogP contribution in [0.1, 0.15) is 63.9 Å². The van der Waals surface area contributed by atoms with Crippen LogP contribution in [0, 0.1) is 6.92 Å². The summed E-state index contributed by atoms with van der Waals surface area (Å²) in [6.45, 7) is 4.30. The SMILES string of the molecule is CCCCCCCCCCOS(=O)(=O)c1c(C)ccc2ccccc12. The zero-order chi connectivity index (χ0) is 18.1. The summed E-state index contributed by atoms with van der Waals surface area (Å²) in [5, 5.41) is 1.65. The summed E-state index contributed by atoms with van der Waals surface area (Å²) in [5.74, 6) is 0. The summed E-state index contributed by atoms with van der Waals surface area (Å²) in [6, 6.07) is 11.3. The van der Waals surface area contributed by atoms with Crippen molar-refractivity contribution in [2.24, 2.45) is 0 Å². The van der Waals surface area contributed by atoms with E-state index in [0.717, 1.165) is 35.6 Å². The van der Waals surface area contributed by atoms with Gasteiger partial charge in [-0.1, -0.05) is 88.3 Å². The molecule has 0 saturated carbocycles. The Morgan fingerprint density at radius 1 is 0.840 bits per heavy atom. The zero-order valence-electron chi connectivity index (χ0n) is 15.5. The monoisotopic (exact) mass is 362 g/mol. The van der Waals surface area contributed by atoms with Gasteiger partial charge in [0.15, 0.2) is 0 Å². The molecule has 0 heterocycles. The van der Waals surface area contributed by atoms with Crippen molar-refractivity contribution in [1.29, 1.82) is 0 Å². The molecule has 0 aliphatic heterocycles. The molecule has 0 aliphatic rings. The van der Waals surface area contributed by atoms with Gasteiger partial charge in [0.1, 0.15) is 4.90 Å². The number of rotatable bonds is 11. The maximum atomic E-state index is 12.7. The molecule has 0 spiro atoms. The number of aryl methyl sites for hydroxylation is 1. The molecule has 0 unspecified atom stereocenters. The van der Waals surface area contributed by atoms with E-state index in [1.54, 1.807) is 0 Å². The van der Waals surface area contributed by atoms with E-state index in [0.29, 0.717) is 4.90 Å². The summed E-state index contributed by atoms with van der Waals surface area (Å²) in [7, 11) is -3.72. The summed E-state index contributed by atoms with van der Waals surface area (Å²) < 4.78 is 30.6. The number of fused-ring (bicyclic) bond motifs is 1. The maximum absolute atomic E-state index is 12.7. The lowest BCUT2D eigenvalue weighted by Crippen LogP contribution is -2.10. The topological polar surface area (TPSA) is 43.4 Å². The number of benzene rings is 2. The zero-order valence-corrected chi connectivity index (χ0v) is 16.3. The Hall–Kier alpha value is -1.39. The minimum atomic E-state index is -3.72. The average molecular weight is 363 g/mol. The lowest BCUT2D eigenvalue weighted by molar-refractivity contribution is 0.306. The molecule has 0 amide bonds. The molecule has 0 fully saturated rings. The lowest BCUT2D eigenvalue weighted by atomic mass is 10.1. The van der Waals surface area contributed by atoms with Gasteiger partial charge in [0.2, 0.25) is 0 Å². The highest BCUT2D eigenvalue weighted by Gasteiger charge is 2.20. The third-order valence-corrected chi connectivity index (χ3v) is 6.08. The van der Waals surface area contributed by atoms with Crippen LogP contribution in [0.5, 0.6) is 0 Å². The third kappa shape index (κ3) is 5.82. The van der Waals surface area contributed by atoms with Crippen molar-refractivity contribution in [2.75, 3.05) is 6.61 Å². The van der Waals surface area contributed by atoms with Crippen LogP contribution in [0.25, 0.3) is 10.8 Å². The van der Waals surface area contributed by atoms with Crippen LogP contribution in [-0.4, -0.2) is 15.0 Å². The third-order valence-electron chi connectivity index (χ3n) is 4.56. The van der Waals surface area contributed by atoms with Gasteiger partial charge < -0.3 is 0 Å². The second-order valence-electron chi connectivity index (χ2n) is 6.68. The number of hydrogen-bond donors (Lipinski definition) is 0. The van der Waals surface area contributed by atoms with Crippen molar-refractivity contribution in [3.05, 3.63) is 42.0 Å². The first kappa shape index (κ1) is 19.9. The molecule has 25 heavy (non-hydrogen) atoms. The fourth-order valence-electron chi connectivity index (χ4n) is 3.15. The van der Waals surface area contributed by atoms with Crippen LogP contribution in [0.4, 0.5) is 0 Å². The molecule has 2 aromatic carbocycles. The van der Waals surface area contributed by atoms with E-state index in [4.69, 9.17) is 4.18 Å². The van der Waals surface area contributed by atoms with Gasteiger partial charge in [-0.25, -0.2) is 0 Å². The Morgan fingerprint density at radius 2 is 1.48 bits per heavy atom. The average Bonchev–Trinajstić information content (AvgIpc) is 2.60. The van der Waals surface area contributed by atoms with Crippen LogP contribution in [-0.2, 0) is 14.3 Å². The Bertz CT molecular complexity index is 766. The quantitative estimate of drug-likeness (QED) is 0.364. The molecular weight excluding hydrogens is 332 g/mol. The molecule has 4 heteroatoms. The fraction of sp³-hybridized carbons (Fsp3) is 0.524. The molecule has 138 valence electrons. The van der Waals surface area contributed by atoms with Gasteiger partial charge in [-0.2, -0.15) is 8.42 Å². The highest BCUT2D eigenvalue weighted by atomic mass is 32.2. The molecule has 0 atom stereocenters. The van der Waals surface area contributed by atoms with Crippen molar-refractivity contribution in [2.45, 2.75) is 70.1 Å². The number of unbranched alkanes of at least 4 members (excludes halogenated alkanes) is 7. The van der Waals surface area contributed by atoms with Crippen LogP contribution in [0.3, 0.4) is 0 Å².